The first-order chi connectivity index (χ1) is 10.6. The van der Waals surface area contributed by atoms with Gasteiger partial charge in [-0.05, 0) is 35.9 Å². The van der Waals surface area contributed by atoms with Crippen LogP contribution in [0.15, 0.2) is 54.9 Å². The summed E-state index contributed by atoms with van der Waals surface area (Å²) in [7, 11) is 3.37. The Kier molecular flexibility index (Phi) is 5.03. The quantitative estimate of drug-likeness (QED) is 0.881. The van der Waals surface area contributed by atoms with Crippen LogP contribution in [0, 0.1) is 0 Å². The first-order valence-electron chi connectivity index (χ1n) is 6.77. The van der Waals surface area contributed by atoms with Gasteiger partial charge in [-0.3, -0.25) is 14.6 Å². The summed E-state index contributed by atoms with van der Waals surface area (Å²) < 4.78 is 0. The van der Waals surface area contributed by atoms with E-state index in [0.29, 0.717) is 11.3 Å². The van der Waals surface area contributed by atoms with E-state index in [2.05, 4.69) is 10.3 Å². The van der Waals surface area contributed by atoms with Crippen molar-refractivity contribution >= 4 is 23.6 Å². The first-order valence-corrected chi connectivity index (χ1v) is 6.77. The number of pyridine rings is 1. The van der Waals surface area contributed by atoms with Gasteiger partial charge in [0, 0.05) is 43.8 Å². The molecule has 22 heavy (non-hydrogen) atoms. The minimum atomic E-state index is -0.265. The number of carbonyl (C=O) groups is 2. The highest BCUT2D eigenvalue weighted by Crippen LogP contribution is 2.12. The Morgan fingerprint density at radius 2 is 2.00 bits per heavy atom. The predicted molar refractivity (Wildman–Crippen MR) is 86.4 cm³/mol. The molecule has 1 aromatic carbocycles. The van der Waals surface area contributed by atoms with Crippen LogP contribution in [-0.2, 0) is 4.79 Å². The number of hydrogen-bond acceptors (Lipinski definition) is 3. The summed E-state index contributed by atoms with van der Waals surface area (Å²) in [6.07, 6.45) is 6.44. The Bertz CT molecular complexity index is 694. The van der Waals surface area contributed by atoms with Crippen molar-refractivity contribution in [1.82, 2.24) is 9.88 Å². The Balaban J connectivity index is 2.04. The zero-order valence-electron chi connectivity index (χ0n) is 12.5. The molecule has 0 spiro atoms. The zero-order valence-corrected chi connectivity index (χ0v) is 12.5. The molecule has 112 valence electrons. The average Bonchev–Trinajstić information content (AvgIpc) is 2.53. The van der Waals surface area contributed by atoms with E-state index >= 15 is 0 Å². The minimum Gasteiger partial charge on any atom is -0.345 e. The molecule has 0 aliphatic rings. The number of nitrogens with zero attached hydrogens (tertiary/aromatic N) is 2. The van der Waals surface area contributed by atoms with Gasteiger partial charge in [-0.25, -0.2) is 0 Å². The summed E-state index contributed by atoms with van der Waals surface area (Å²) in [6, 6.07) is 10.5. The standard InChI is InChI=1S/C17H17N3O2/c1-20(2)17(22)14-6-3-7-15(11-14)19-16(21)9-8-13-5-4-10-18-12-13/h3-12H,1-2H3,(H,19,21). The van der Waals surface area contributed by atoms with Gasteiger partial charge in [-0.15, -0.1) is 0 Å². The van der Waals surface area contributed by atoms with Gasteiger partial charge in [0.05, 0.1) is 0 Å². The van der Waals surface area contributed by atoms with Gasteiger partial charge in [-0.1, -0.05) is 12.1 Å². The molecule has 0 fully saturated rings. The highest BCUT2D eigenvalue weighted by atomic mass is 16.2. The maximum absolute atomic E-state index is 11.9. The van der Waals surface area contributed by atoms with Crippen LogP contribution >= 0.6 is 0 Å². The molecule has 0 saturated carbocycles. The number of hydrogen-bond donors (Lipinski definition) is 1. The molecule has 0 saturated heterocycles. The van der Waals surface area contributed by atoms with Crippen molar-refractivity contribution in [3.63, 3.8) is 0 Å². The highest BCUT2D eigenvalue weighted by Gasteiger charge is 2.08. The molecule has 0 radical (unpaired) electrons. The van der Waals surface area contributed by atoms with E-state index in [1.165, 1.54) is 11.0 Å². The second kappa shape index (κ2) is 7.17. The van der Waals surface area contributed by atoms with Gasteiger partial charge in [0.2, 0.25) is 5.91 Å². The molecule has 1 N–H and O–H groups in total. The predicted octanol–water partition coefficient (Wildman–Crippen LogP) is 2.44. The van der Waals surface area contributed by atoms with Gasteiger partial charge in [0.25, 0.3) is 5.91 Å². The smallest absolute Gasteiger partial charge is 0.253 e. The molecule has 5 heteroatoms. The van der Waals surface area contributed by atoms with Crippen molar-refractivity contribution in [2.45, 2.75) is 0 Å². The molecular weight excluding hydrogens is 278 g/mol. The van der Waals surface area contributed by atoms with E-state index in [-0.39, 0.29) is 11.8 Å². The molecule has 0 aliphatic carbocycles. The van der Waals surface area contributed by atoms with Gasteiger partial charge < -0.3 is 10.2 Å². The molecule has 2 rings (SSSR count). The molecule has 0 bridgehead atoms. The van der Waals surface area contributed by atoms with Gasteiger partial charge >= 0.3 is 0 Å². The van der Waals surface area contributed by atoms with Crippen molar-refractivity contribution in [3.05, 3.63) is 66.0 Å². The lowest BCUT2D eigenvalue weighted by atomic mass is 10.2. The van der Waals surface area contributed by atoms with Crippen LogP contribution < -0.4 is 5.32 Å². The Labute approximate surface area is 129 Å². The fourth-order valence-corrected chi connectivity index (χ4v) is 1.82. The molecule has 2 aromatic rings. The van der Waals surface area contributed by atoms with Crippen LogP contribution in [0.3, 0.4) is 0 Å². The lowest BCUT2D eigenvalue weighted by Crippen LogP contribution is -2.21. The van der Waals surface area contributed by atoms with Gasteiger partial charge in [0.15, 0.2) is 0 Å². The number of benzene rings is 1. The topological polar surface area (TPSA) is 62.3 Å². The van der Waals surface area contributed by atoms with E-state index in [4.69, 9.17) is 0 Å². The highest BCUT2D eigenvalue weighted by molar-refractivity contribution is 6.03. The van der Waals surface area contributed by atoms with Gasteiger partial charge in [0.1, 0.15) is 0 Å². The molecule has 1 aromatic heterocycles. The third-order valence-electron chi connectivity index (χ3n) is 2.89. The van der Waals surface area contributed by atoms with Crippen LogP contribution in [0.25, 0.3) is 6.08 Å². The Hall–Kier alpha value is -2.95. The molecule has 0 aliphatic heterocycles. The molecule has 5 nitrogen and oxygen atoms in total. The summed E-state index contributed by atoms with van der Waals surface area (Å²) in [5.74, 6) is -0.375. The van der Waals surface area contributed by atoms with Gasteiger partial charge in [-0.2, -0.15) is 0 Å². The molecule has 1 heterocycles. The van der Waals surface area contributed by atoms with Crippen LogP contribution in [0.5, 0.6) is 0 Å². The molecule has 2 amide bonds. The molecular formula is C17H17N3O2. The average molecular weight is 295 g/mol. The van der Waals surface area contributed by atoms with Crippen molar-refractivity contribution < 1.29 is 9.59 Å². The summed E-state index contributed by atoms with van der Waals surface area (Å²) in [5, 5.41) is 2.73. The number of anilines is 1. The summed E-state index contributed by atoms with van der Waals surface area (Å²) >= 11 is 0. The summed E-state index contributed by atoms with van der Waals surface area (Å²) in [6.45, 7) is 0. The van der Waals surface area contributed by atoms with E-state index in [1.54, 1.807) is 62.9 Å². The first kappa shape index (κ1) is 15.4. The largest absolute Gasteiger partial charge is 0.345 e. The lowest BCUT2D eigenvalue weighted by Gasteiger charge is -2.11. The maximum Gasteiger partial charge on any atom is 0.253 e. The lowest BCUT2D eigenvalue weighted by molar-refractivity contribution is -0.111. The second-order valence-electron chi connectivity index (χ2n) is 4.89. The number of carbonyl (C=O) groups excluding carboxylic acids is 2. The van der Waals surface area contributed by atoms with Crippen molar-refractivity contribution in [2.75, 3.05) is 19.4 Å². The number of amides is 2. The van der Waals surface area contributed by atoms with E-state index in [1.807, 2.05) is 6.07 Å². The van der Waals surface area contributed by atoms with E-state index < -0.39 is 0 Å². The normalized spacial score (nSPS) is 10.5. The SMILES string of the molecule is CN(C)C(=O)c1cccc(NC(=O)C=Cc2cccnc2)c1. The third kappa shape index (κ3) is 4.28. The zero-order chi connectivity index (χ0) is 15.9. The van der Waals surface area contributed by atoms with Crippen LogP contribution in [0.1, 0.15) is 15.9 Å². The minimum absolute atomic E-state index is 0.109. The molecule has 0 atom stereocenters. The van der Waals surface area contributed by atoms with Crippen molar-refractivity contribution in [3.8, 4) is 0 Å². The maximum atomic E-state index is 11.9. The van der Waals surface area contributed by atoms with Crippen LogP contribution in [0.2, 0.25) is 0 Å². The number of nitrogens with one attached hydrogen (secondary N) is 1. The number of aromatic nitrogens is 1. The Morgan fingerprint density at radius 3 is 2.68 bits per heavy atom. The van der Waals surface area contributed by atoms with Crippen LogP contribution in [0.4, 0.5) is 5.69 Å². The Morgan fingerprint density at radius 1 is 1.18 bits per heavy atom. The summed E-state index contributed by atoms with van der Waals surface area (Å²) in [4.78, 5) is 29.2. The fourth-order valence-electron chi connectivity index (χ4n) is 1.82. The van der Waals surface area contributed by atoms with Crippen molar-refractivity contribution in [1.29, 1.82) is 0 Å². The van der Waals surface area contributed by atoms with E-state index in [0.717, 1.165) is 5.56 Å². The van der Waals surface area contributed by atoms with Crippen LogP contribution in [-0.4, -0.2) is 35.8 Å². The third-order valence-corrected chi connectivity index (χ3v) is 2.89. The summed E-state index contributed by atoms with van der Waals surface area (Å²) in [5.41, 5.74) is 1.95. The fraction of sp³-hybridized carbons (Fsp3) is 0.118. The monoisotopic (exact) mass is 295 g/mol. The molecule has 0 unspecified atom stereocenters. The van der Waals surface area contributed by atoms with E-state index in [9.17, 15) is 9.59 Å². The number of rotatable bonds is 4. The van der Waals surface area contributed by atoms with Crippen molar-refractivity contribution in [2.24, 2.45) is 0 Å². The second-order valence-corrected chi connectivity index (χ2v) is 4.89.